The number of carbonyl (C=O) groups excluding carboxylic acids is 2. The van der Waals surface area contributed by atoms with Crippen LogP contribution >= 0.6 is 0 Å². The number of aliphatic carboxylic acids is 1. The third kappa shape index (κ3) is 2.98. The van der Waals surface area contributed by atoms with Crippen LogP contribution in [0.3, 0.4) is 0 Å². The Labute approximate surface area is 84.3 Å². The molecule has 1 N–H and O–H groups in total. The number of hydrogen-bond acceptors (Lipinski definition) is 3. The largest absolute Gasteiger partial charge is 0.481 e. The summed E-state index contributed by atoms with van der Waals surface area (Å²) in [5, 5.41) is 8.29. The van der Waals surface area contributed by atoms with E-state index in [4.69, 9.17) is 5.11 Å². The van der Waals surface area contributed by atoms with Crippen molar-refractivity contribution in [2.75, 3.05) is 0 Å². The molecule has 15 heavy (non-hydrogen) atoms. The lowest BCUT2D eigenvalue weighted by Crippen LogP contribution is -2.17. The van der Waals surface area contributed by atoms with E-state index in [2.05, 4.69) is 0 Å². The quantitative estimate of drug-likeness (QED) is 0.458. The van der Waals surface area contributed by atoms with Crippen molar-refractivity contribution in [3.05, 3.63) is 35.6 Å². The van der Waals surface area contributed by atoms with E-state index in [0.717, 1.165) is 24.3 Å². The van der Waals surface area contributed by atoms with Crippen LogP contribution in [0.2, 0.25) is 0 Å². The smallest absolute Gasteiger partial charge is 0.311 e. The summed E-state index contributed by atoms with van der Waals surface area (Å²) in [6, 6.07) is 4.33. The van der Waals surface area contributed by atoms with Gasteiger partial charge in [0.05, 0.1) is 0 Å². The van der Waals surface area contributed by atoms with Gasteiger partial charge in [-0.05, 0) is 24.3 Å². The third-order valence-corrected chi connectivity index (χ3v) is 1.67. The van der Waals surface area contributed by atoms with Crippen molar-refractivity contribution in [3.63, 3.8) is 0 Å². The molecule has 1 rings (SSSR count). The molecule has 0 fully saturated rings. The van der Waals surface area contributed by atoms with Gasteiger partial charge in [-0.1, -0.05) is 0 Å². The first-order valence-corrected chi connectivity index (χ1v) is 4.05. The maximum Gasteiger partial charge on any atom is 0.311 e. The molecule has 0 bridgehead atoms. The van der Waals surface area contributed by atoms with Crippen molar-refractivity contribution in [1.29, 1.82) is 0 Å². The highest BCUT2D eigenvalue weighted by molar-refractivity contribution is 6.45. The molecule has 0 heterocycles. The van der Waals surface area contributed by atoms with Gasteiger partial charge in [-0.25, -0.2) is 4.39 Å². The molecule has 0 saturated carbocycles. The molecule has 1 aromatic carbocycles. The maximum absolute atomic E-state index is 12.5. The van der Waals surface area contributed by atoms with Crippen molar-refractivity contribution < 1.29 is 23.9 Å². The number of hydrogen-bond donors (Lipinski definition) is 1. The monoisotopic (exact) mass is 210 g/mol. The van der Waals surface area contributed by atoms with Gasteiger partial charge >= 0.3 is 5.97 Å². The van der Waals surface area contributed by atoms with Gasteiger partial charge in [-0.2, -0.15) is 0 Å². The van der Waals surface area contributed by atoms with E-state index in [0.29, 0.717) is 0 Å². The molecule has 78 valence electrons. The van der Waals surface area contributed by atoms with E-state index < -0.39 is 29.8 Å². The number of carboxylic acid groups (broad SMARTS) is 1. The van der Waals surface area contributed by atoms with E-state index in [-0.39, 0.29) is 5.56 Å². The molecule has 0 aliphatic rings. The molecule has 5 heteroatoms. The predicted molar refractivity (Wildman–Crippen MR) is 48.0 cm³/mol. The second-order valence-corrected chi connectivity index (χ2v) is 2.83. The zero-order chi connectivity index (χ0) is 11.4. The Kier molecular flexibility index (Phi) is 3.28. The summed E-state index contributed by atoms with van der Waals surface area (Å²) in [7, 11) is 0. The highest BCUT2D eigenvalue weighted by atomic mass is 19.1. The van der Waals surface area contributed by atoms with Crippen molar-refractivity contribution in [3.8, 4) is 0 Å². The Bertz CT molecular complexity index is 408. The summed E-state index contributed by atoms with van der Waals surface area (Å²) < 4.78 is 12.5. The number of ketones is 2. The minimum absolute atomic E-state index is 0.0114. The van der Waals surface area contributed by atoms with Crippen LogP contribution in [0.1, 0.15) is 16.8 Å². The molecule has 0 amide bonds. The van der Waals surface area contributed by atoms with Crippen LogP contribution in [0.15, 0.2) is 24.3 Å². The van der Waals surface area contributed by atoms with Gasteiger partial charge in [0.25, 0.3) is 0 Å². The topological polar surface area (TPSA) is 71.4 Å². The maximum atomic E-state index is 12.5. The van der Waals surface area contributed by atoms with E-state index in [1.165, 1.54) is 0 Å². The van der Waals surface area contributed by atoms with Gasteiger partial charge in [-0.3, -0.25) is 14.4 Å². The zero-order valence-electron chi connectivity index (χ0n) is 7.57. The van der Waals surface area contributed by atoms with Gasteiger partial charge in [0.2, 0.25) is 11.6 Å². The Morgan fingerprint density at radius 3 is 2.13 bits per heavy atom. The van der Waals surface area contributed by atoms with Crippen molar-refractivity contribution in [1.82, 2.24) is 0 Å². The lowest BCUT2D eigenvalue weighted by atomic mass is 10.1. The van der Waals surface area contributed by atoms with Crippen LogP contribution in [0, 0.1) is 5.82 Å². The van der Waals surface area contributed by atoms with Gasteiger partial charge in [0, 0.05) is 5.56 Å². The second kappa shape index (κ2) is 4.45. The Hall–Kier alpha value is -2.04. The SMILES string of the molecule is O=C(O)CC(=O)C(=O)c1ccc(F)cc1. The number of Topliss-reactive ketones (excluding diaryl/α,β-unsaturated/α-hetero) is 2. The molecule has 0 unspecified atom stereocenters. The number of rotatable bonds is 4. The van der Waals surface area contributed by atoms with E-state index in [9.17, 15) is 18.8 Å². The average molecular weight is 210 g/mol. The van der Waals surface area contributed by atoms with Gasteiger partial charge < -0.3 is 5.11 Å². The summed E-state index contributed by atoms with van der Waals surface area (Å²) in [5.41, 5.74) is -0.0114. The minimum Gasteiger partial charge on any atom is -0.481 e. The molecule has 1 aromatic rings. The Balaban J connectivity index is 2.81. The summed E-state index contributed by atoms with van der Waals surface area (Å²) in [6.07, 6.45) is -0.851. The van der Waals surface area contributed by atoms with Crippen LogP contribution in [0.25, 0.3) is 0 Å². The second-order valence-electron chi connectivity index (χ2n) is 2.83. The van der Waals surface area contributed by atoms with Crippen LogP contribution < -0.4 is 0 Å². The summed E-state index contributed by atoms with van der Waals surface area (Å²) in [5.74, 6) is -3.83. The molecule has 0 saturated heterocycles. The van der Waals surface area contributed by atoms with E-state index in [1.807, 2.05) is 0 Å². The molecule has 0 spiro atoms. The van der Waals surface area contributed by atoms with Crippen LogP contribution in [-0.2, 0) is 9.59 Å². The highest BCUT2D eigenvalue weighted by Gasteiger charge is 2.18. The zero-order valence-corrected chi connectivity index (χ0v) is 7.57. The standard InChI is InChI=1S/C10H7FO4/c11-7-3-1-6(2-4-7)10(15)8(12)5-9(13)14/h1-4H,5H2,(H,13,14). The van der Waals surface area contributed by atoms with Gasteiger partial charge in [-0.15, -0.1) is 0 Å². The van der Waals surface area contributed by atoms with Crippen molar-refractivity contribution in [2.45, 2.75) is 6.42 Å². The summed E-state index contributed by atoms with van der Waals surface area (Å²) in [4.78, 5) is 32.4. The first-order chi connectivity index (χ1) is 7.00. The van der Waals surface area contributed by atoms with Crippen molar-refractivity contribution in [2.24, 2.45) is 0 Å². The molecular weight excluding hydrogens is 203 g/mol. The number of halogens is 1. The average Bonchev–Trinajstić information content (AvgIpc) is 2.17. The molecule has 0 aromatic heterocycles. The Morgan fingerprint density at radius 1 is 1.13 bits per heavy atom. The third-order valence-electron chi connectivity index (χ3n) is 1.67. The molecule has 0 aliphatic heterocycles. The molecule has 0 radical (unpaired) electrons. The Morgan fingerprint density at radius 2 is 1.67 bits per heavy atom. The minimum atomic E-state index is -1.37. The number of benzene rings is 1. The van der Waals surface area contributed by atoms with Crippen LogP contribution in [-0.4, -0.2) is 22.6 Å². The number of carbonyl (C=O) groups is 3. The molecule has 0 aliphatic carbocycles. The molecular formula is C10H7FO4. The predicted octanol–water partition coefficient (Wildman–Crippen LogP) is 1.05. The fourth-order valence-electron chi connectivity index (χ4n) is 0.980. The normalized spacial score (nSPS) is 9.67. The van der Waals surface area contributed by atoms with Gasteiger partial charge in [0.15, 0.2) is 0 Å². The fourth-order valence-corrected chi connectivity index (χ4v) is 0.980. The van der Waals surface area contributed by atoms with E-state index in [1.54, 1.807) is 0 Å². The van der Waals surface area contributed by atoms with Crippen LogP contribution in [0.4, 0.5) is 4.39 Å². The fraction of sp³-hybridized carbons (Fsp3) is 0.100. The molecule has 4 nitrogen and oxygen atoms in total. The van der Waals surface area contributed by atoms with Crippen LogP contribution in [0.5, 0.6) is 0 Å². The number of carboxylic acids is 1. The first kappa shape index (κ1) is 11.0. The molecule has 0 atom stereocenters. The van der Waals surface area contributed by atoms with Gasteiger partial charge in [0.1, 0.15) is 12.2 Å². The van der Waals surface area contributed by atoms with Crippen molar-refractivity contribution >= 4 is 17.5 Å². The summed E-state index contributed by atoms with van der Waals surface area (Å²) in [6.45, 7) is 0. The lowest BCUT2D eigenvalue weighted by Gasteiger charge is -1.97. The van der Waals surface area contributed by atoms with E-state index >= 15 is 0 Å². The summed E-state index contributed by atoms with van der Waals surface area (Å²) >= 11 is 0. The first-order valence-electron chi connectivity index (χ1n) is 4.05. The highest BCUT2D eigenvalue weighted by Crippen LogP contribution is 2.05. The lowest BCUT2D eigenvalue weighted by molar-refractivity contribution is -0.139.